The van der Waals surface area contributed by atoms with E-state index < -0.39 is 15.8 Å². The first-order valence-corrected chi connectivity index (χ1v) is 7.13. The summed E-state index contributed by atoms with van der Waals surface area (Å²) in [5, 5.41) is 11.6. The van der Waals surface area contributed by atoms with Gasteiger partial charge in [0, 0.05) is 6.07 Å². The zero-order chi connectivity index (χ0) is 14.8. The second-order valence-electron chi connectivity index (χ2n) is 3.96. The van der Waals surface area contributed by atoms with Gasteiger partial charge in [0.1, 0.15) is 6.54 Å². The number of diazo groups is 1. The van der Waals surface area contributed by atoms with Crippen molar-refractivity contribution in [2.75, 3.05) is 13.1 Å². The fourth-order valence-corrected chi connectivity index (χ4v) is 2.85. The molecule has 20 heavy (non-hydrogen) atoms. The maximum Gasteiger partial charge on any atom is 0.417 e. The molecule has 0 aliphatic carbocycles. The van der Waals surface area contributed by atoms with Gasteiger partial charge < -0.3 is 10.2 Å². The number of aromatic nitrogens is 1. The van der Waals surface area contributed by atoms with E-state index in [2.05, 4.69) is 10.1 Å². The fourth-order valence-electron chi connectivity index (χ4n) is 1.65. The number of hydrogen-bond donors (Lipinski definition) is 2. The van der Waals surface area contributed by atoms with E-state index in [1.807, 2.05) is 0 Å². The standard InChI is InChI=1S/C10H11N5O4S/c11-4-1-5-15(14-12)20(17,18)7-2-3-8-9(6-7)19-10(16)13-8/h2-3,6H,1,4-5,11H2/p+1. The molecule has 0 saturated heterocycles. The van der Waals surface area contributed by atoms with Crippen molar-refractivity contribution in [3.63, 3.8) is 0 Å². The lowest BCUT2D eigenvalue weighted by atomic mass is 10.3. The number of H-pyrrole nitrogens is 1. The average molecular weight is 298 g/mol. The summed E-state index contributed by atoms with van der Waals surface area (Å²) < 4.78 is 29.8. The van der Waals surface area contributed by atoms with Gasteiger partial charge in [0.25, 0.3) is 5.39 Å². The van der Waals surface area contributed by atoms with Crippen molar-refractivity contribution in [2.24, 2.45) is 5.73 Å². The predicted octanol–water partition coefficient (Wildman–Crippen LogP) is 0.229. The largest absolute Gasteiger partial charge is 0.417 e. The van der Waals surface area contributed by atoms with Crippen molar-refractivity contribution in [1.29, 1.82) is 5.39 Å². The monoisotopic (exact) mass is 298 g/mol. The third-order valence-corrected chi connectivity index (χ3v) is 4.28. The minimum absolute atomic E-state index is 0.0511. The van der Waals surface area contributed by atoms with E-state index in [1.165, 1.54) is 18.2 Å². The van der Waals surface area contributed by atoms with Gasteiger partial charge in [-0.2, -0.15) is 8.42 Å². The molecule has 10 heteroatoms. The van der Waals surface area contributed by atoms with Gasteiger partial charge in [0.2, 0.25) is 0 Å². The van der Waals surface area contributed by atoms with E-state index in [0.717, 1.165) is 0 Å². The Morgan fingerprint density at radius 3 is 2.85 bits per heavy atom. The molecular formula is C10H12N5O4S+. The van der Waals surface area contributed by atoms with Crippen molar-refractivity contribution in [1.82, 2.24) is 9.40 Å². The predicted molar refractivity (Wildman–Crippen MR) is 69.5 cm³/mol. The van der Waals surface area contributed by atoms with Crippen molar-refractivity contribution in [3.05, 3.63) is 33.8 Å². The highest BCUT2D eigenvalue weighted by Crippen LogP contribution is 2.20. The summed E-state index contributed by atoms with van der Waals surface area (Å²) in [5.74, 6) is -0.679. The molecule has 0 radical (unpaired) electrons. The van der Waals surface area contributed by atoms with Crippen molar-refractivity contribution < 1.29 is 12.8 Å². The molecule has 0 unspecified atom stereocenters. The van der Waals surface area contributed by atoms with E-state index >= 15 is 0 Å². The Hall–Kier alpha value is -2.38. The first-order chi connectivity index (χ1) is 9.48. The molecule has 9 nitrogen and oxygen atoms in total. The highest BCUT2D eigenvalue weighted by molar-refractivity contribution is 7.89. The van der Waals surface area contributed by atoms with Gasteiger partial charge in [0.15, 0.2) is 5.58 Å². The van der Waals surface area contributed by atoms with Crippen LogP contribution in [0.4, 0.5) is 0 Å². The van der Waals surface area contributed by atoms with Gasteiger partial charge in [-0.05, 0) is 25.1 Å². The number of benzene rings is 1. The lowest BCUT2D eigenvalue weighted by Gasteiger charge is -2.05. The molecule has 1 heterocycles. The van der Waals surface area contributed by atoms with Gasteiger partial charge >= 0.3 is 20.9 Å². The minimum atomic E-state index is -4.02. The van der Waals surface area contributed by atoms with Gasteiger partial charge in [-0.3, -0.25) is 4.98 Å². The number of sulfonamides is 1. The van der Waals surface area contributed by atoms with Crippen LogP contribution in [0.1, 0.15) is 6.42 Å². The molecule has 1 aromatic heterocycles. The van der Waals surface area contributed by atoms with Crippen LogP contribution in [0.5, 0.6) is 0 Å². The Kier molecular flexibility index (Phi) is 3.73. The Morgan fingerprint density at radius 2 is 2.20 bits per heavy atom. The number of oxazole rings is 1. The summed E-state index contributed by atoms with van der Waals surface area (Å²) in [6.07, 6.45) is 0.338. The number of rotatable bonds is 5. The summed E-state index contributed by atoms with van der Waals surface area (Å²) in [4.78, 5) is 13.3. The Balaban J connectivity index is 2.45. The van der Waals surface area contributed by atoms with E-state index in [-0.39, 0.29) is 23.6 Å². The molecule has 1 aromatic carbocycles. The molecule has 0 bridgehead atoms. The third kappa shape index (κ3) is 2.49. The van der Waals surface area contributed by atoms with Crippen LogP contribution >= 0.6 is 0 Å². The number of hydrogen-bond acceptors (Lipinski definition) is 6. The van der Waals surface area contributed by atoms with E-state index in [9.17, 15) is 13.2 Å². The van der Waals surface area contributed by atoms with Crippen LogP contribution in [-0.2, 0) is 10.0 Å². The molecule has 0 spiro atoms. The van der Waals surface area contributed by atoms with Crippen LogP contribution < -0.4 is 11.5 Å². The quantitative estimate of drug-likeness (QED) is 0.598. The Bertz CT molecular complexity index is 816. The lowest BCUT2D eigenvalue weighted by Crippen LogP contribution is -2.26. The van der Waals surface area contributed by atoms with E-state index in [4.69, 9.17) is 15.5 Å². The molecule has 106 valence electrons. The highest BCUT2D eigenvalue weighted by Gasteiger charge is 2.33. The normalized spacial score (nSPS) is 11.4. The average Bonchev–Trinajstić information content (AvgIpc) is 2.78. The zero-order valence-electron chi connectivity index (χ0n) is 10.3. The summed E-state index contributed by atoms with van der Waals surface area (Å²) in [6, 6.07) is 3.86. The maximum absolute atomic E-state index is 12.2. The SMILES string of the molecule is N#[N+]N(CCCN)S(=O)(=O)c1ccc2[nH]c(=O)oc2c1. The number of nitrogens with one attached hydrogen (secondary N) is 1. The molecular weight excluding hydrogens is 286 g/mol. The van der Waals surface area contributed by atoms with Crippen molar-refractivity contribution >= 4 is 21.1 Å². The van der Waals surface area contributed by atoms with Crippen LogP contribution in [-0.4, -0.2) is 30.9 Å². The van der Waals surface area contributed by atoms with Gasteiger partial charge in [0.05, 0.1) is 14.8 Å². The van der Waals surface area contributed by atoms with Crippen molar-refractivity contribution in [2.45, 2.75) is 11.3 Å². The minimum Gasteiger partial charge on any atom is -0.408 e. The highest BCUT2D eigenvalue weighted by atomic mass is 32.2. The number of fused-ring (bicyclic) bond motifs is 1. The second kappa shape index (κ2) is 5.32. The van der Waals surface area contributed by atoms with E-state index in [1.54, 1.807) is 0 Å². The van der Waals surface area contributed by atoms with Crippen LogP contribution in [0.15, 0.2) is 32.3 Å². The first kappa shape index (κ1) is 14.0. The van der Waals surface area contributed by atoms with E-state index in [0.29, 0.717) is 16.4 Å². The smallest absolute Gasteiger partial charge is 0.408 e. The molecule has 2 aromatic rings. The zero-order valence-corrected chi connectivity index (χ0v) is 11.1. The fraction of sp³-hybridized carbons (Fsp3) is 0.300. The summed E-state index contributed by atoms with van der Waals surface area (Å²) in [6.45, 7) is 0.206. The molecule has 0 atom stereocenters. The third-order valence-electron chi connectivity index (χ3n) is 2.62. The number of nitrogens with zero attached hydrogens (tertiary/aromatic N) is 3. The molecule has 0 fully saturated rings. The maximum atomic E-state index is 12.2. The van der Waals surface area contributed by atoms with Crippen LogP contribution in [0.2, 0.25) is 0 Å². The van der Waals surface area contributed by atoms with Gasteiger partial charge in [-0.15, -0.1) is 0 Å². The summed E-state index contributed by atoms with van der Waals surface area (Å²) in [5.41, 5.74) is 5.77. The lowest BCUT2D eigenvalue weighted by molar-refractivity contribution is 0.481. The Labute approximate surface area is 113 Å². The van der Waals surface area contributed by atoms with Gasteiger partial charge in [-0.25, -0.2) is 4.79 Å². The summed E-state index contributed by atoms with van der Waals surface area (Å²) in [7, 11) is -4.02. The van der Waals surface area contributed by atoms with Crippen LogP contribution in [0.25, 0.3) is 16.2 Å². The second-order valence-corrected chi connectivity index (χ2v) is 5.80. The topological polar surface area (TPSA) is 138 Å². The molecule has 0 aliphatic heterocycles. The summed E-state index contributed by atoms with van der Waals surface area (Å²) >= 11 is 0. The van der Waals surface area contributed by atoms with Crippen LogP contribution in [0, 0.1) is 5.39 Å². The molecule has 2 rings (SSSR count). The molecule has 3 N–H and O–H groups in total. The first-order valence-electron chi connectivity index (χ1n) is 5.69. The molecule has 0 saturated carbocycles. The Morgan fingerprint density at radius 1 is 1.45 bits per heavy atom. The van der Waals surface area contributed by atoms with Crippen molar-refractivity contribution in [3.8, 4) is 0 Å². The van der Waals surface area contributed by atoms with Crippen LogP contribution in [0.3, 0.4) is 0 Å². The van der Waals surface area contributed by atoms with Gasteiger partial charge in [-0.1, -0.05) is 0 Å². The molecule has 0 aliphatic rings. The number of nitrogens with two attached hydrogens (primary N) is 1. The number of aromatic amines is 1. The molecule has 0 amide bonds.